The van der Waals surface area contributed by atoms with E-state index in [1.807, 2.05) is 0 Å². The Balaban J connectivity index is 1.83. The molecule has 1 fully saturated rings. The molecule has 28 heavy (non-hydrogen) atoms. The summed E-state index contributed by atoms with van der Waals surface area (Å²) in [7, 11) is 1.30. The lowest BCUT2D eigenvalue weighted by Crippen LogP contribution is -2.41. The Labute approximate surface area is 166 Å². The van der Waals surface area contributed by atoms with Crippen molar-refractivity contribution in [3.05, 3.63) is 56.0 Å². The van der Waals surface area contributed by atoms with Crippen molar-refractivity contribution in [3.8, 4) is 0 Å². The Hall–Kier alpha value is -2.81. The van der Waals surface area contributed by atoms with E-state index in [1.54, 1.807) is 10.3 Å². The summed E-state index contributed by atoms with van der Waals surface area (Å²) in [6.45, 7) is 0.294. The fourth-order valence-corrected chi connectivity index (χ4v) is 4.14. The number of nitro benzene ring substituents is 1. The number of methoxy groups -OCH3 is 1. The lowest BCUT2D eigenvalue weighted by molar-refractivity contribution is -0.384. The maximum atomic E-state index is 13.2. The number of hydrogen-bond acceptors (Lipinski definition) is 7. The zero-order valence-electron chi connectivity index (χ0n) is 15.5. The Bertz CT molecular complexity index is 859. The molecule has 9 heteroatoms. The molecule has 0 N–H and O–H groups in total. The molecule has 1 aromatic carbocycles. The molecule has 1 amide bonds. The molecule has 1 saturated carbocycles. The van der Waals surface area contributed by atoms with Gasteiger partial charge in [-0.3, -0.25) is 14.9 Å². The van der Waals surface area contributed by atoms with Crippen molar-refractivity contribution in [3.63, 3.8) is 0 Å². The lowest BCUT2D eigenvalue weighted by Gasteiger charge is -2.34. The normalized spacial score (nSPS) is 14.5. The predicted molar refractivity (Wildman–Crippen MR) is 103 cm³/mol. The maximum Gasteiger partial charge on any atom is 0.357 e. The molecular formula is C19H21N3O5S. The van der Waals surface area contributed by atoms with Crippen LogP contribution in [0.5, 0.6) is 0 Å². The first-order valence-electron chi connectivity index (χ1n) is 9.07. The van der Waals surface area contributed by atoms with Gasteiger partial charge < -0.3 is 9.64 Å². The van der Waals surface area contributed by atoms with Gasteiger partial charge in [-0.1, -0.05) is 19.3 Å². The van der Waals surface area contributed by atoms with Gasteiger partial charge in [0.05, 0.1) is 18.6 Å². The van der Waals surface area contributed by atoms with E-state index in [2.05, 4.69) is 9.72 Å². The molecule has 1 aromatic heterocycles. The molecule has 8 nitrogen and oxygen atoms in total. The molecule has 148 valence electrons. The minimum absolute atomic E-state index is 0.0524. The van der Waals surface area contributed by atoms with Gasteiger partial charge in [0.25, 0.3) is 11.6 Å². The summed E-state index contributed by atoms with van der Waals surface area (Å²) in [6, 6.07) is 5.73. The van der Waals surface area contributed by atoms with E-state index >= 15 is 0 Å². The van der Waals surface area contributed by atoms with Crippen LogP contribution in [0.15, 0.2) is 29.6 Å². The number of nitrogens with zero attached hydrogens (tertiary/aromatic N) is 3. The van der Waals surface area contributed by atoms with Crippen LogP contribution >= 0.6 is 11.3 Å². The number of non-ortho nitro benzene ring substituents is 1. The molecule has 0 bridgehead atoms. The highest BCUT2D eigenvalue weighted by Crippen LogP contribution is 2.27. The van der Waals surface area contributed by atoms with Gasteiger partial charge in [-0.2, -0.15) is 0 Å². The van der Waals surface area contributed by atoms with Crippen LogP contribution in [0.25, 0.3) is 0 Å². The van der Waals surface area contributed by atoms with E-state index < -0.39 is 10.9 Å². The number of carbonyl (C=O) groups is 2. The van der Waals surface area contributed by atoms with Crippen LogP contribution in [0, 0.1) is 10.1 Å². The Kier molecular flexibility index (Phi) is 6.35. The first-order chi connectivity index (χ1) is 13.5. The van der Waals surface area contributed by atoms with E-state index in [9.17, 15) is 19.7 Å². The molecule has 0 spiro atoms. The predicted octanol–water partition coefficient (Wildman–Crippen LogP) is 3.81. The van der Waals surface area contributed by atoms with Gasteiger partial charge in [0.15, 0.2) is 5.69 Å². The van der Waals surface area contributed by atoms with Crippen LogP contribution in [0.1, 0.15) is 58.0 Å². The molecule has 3 rings (SSSR count). The standard InChI is InChI=1S/C19H21N3O5S/c1-27-19(24)16-12-28-17(20-16)11-21(14-5-3-2-4-6-14)18(23)13-7-9-15(10-8-13)22(25)26/h7-10,12,14H,2-6,11H2,1H3. The molecule has 1 aliphatic rings. The number of ether oxygens (including phenoxy) is 1. The zero-order valence-corrected chi connectivity index (χ0v) is 16.3. The van der Waals surface area contributed by atoms with Crippen LogP contribution < -0.4 is 0 Å². The molecule has 0 radical (unpaired) electrons. The summed E-state index contributed by atoms with van der Waals surface area (Å²) in [5.74, 6) is -0.690. The number of rotatable bonds is 6. The number of benzene rings is 1. The SMILES string of the molecule is COC(=O)c1csc(CN(C(=O)c2ccc([N+](=O)[O-])cc2)C2CCCCC2)n1. The Morgan fingerprint density at radius 3 is 2.54 bits per heavy atom. The number of nitro groups is 1. The number of aromatic nitrogens is 1. The minimum atomic E-state index is -0.506. The number of carbonyl (C=O) groups excluding carboxylic acids is 2. The van der Waals surface area contributed by atoms with E-state index in [0.717, 1.165) is 32.1 Å². The first-order valence-corrected chi connectivity index (χ1v) is 9.95. The van der Waals surface area contributed by atoms with E-state index in [4.69, 9.17) is 0 Å². The molecular weight excluding hydrogens is 382 g/mol. The van der Waals surface area contributed by atoms with Crippen molar-refractivity contribution in [2.45, 2.75) is 44.7 Å². The van der Waals surface area contributed by atoms with Gasteiger partial charge in [0.1, 0.15) is 5.01 Å². The average Bonchev–Trinajstić information content (AvgIpc) is 3.20. The summed E-state index contributed by atoms with van der Waals surface area (Å²) >= 11 is 1.31. The quantitative estimate of drug-likeness (QED) is 0.413. The van der Waals surface area contributed by atoms with E-state index in [0.29, 0.717) is 17.1 Å². The van der Waals surface area contributed by atoms with Gasteiger partial charge in [0, 0.05) is 29.1 Å². The van der Waals surface area contributed by atoms with Crippen LogP contribution in [-0.4, -0.2) is 39.8 Å². The molecule has 2 aromatic rings. The van der Waals surface area contributed by atoms with Gasteiger partial charge in [-0.05, 0) is 25.0 Å². The van der Waals surface area contributed by atoms with Crippen molar-refractivity contribution in [1.29, 1.82) is 0 Å². The molecule has 0 unspecified atom stereocenters. The van der Waals surface area contributed by atoms with Crippen LogP contribution in [0.2, 0.25) is 0 Å². The van der Waals surface area contributed by atoms with Gasteiger partial charge in [-0.25, -0.2) is 9.78 Å². The Morgan fingerprint density at radius 2 is 1.93 bits per heavy atom. The van der Waals surface area contributed by atoms with Crippen molar-refractivity contribution in [1.82, 2.24) is 9.88 Å². The molecule has 1 heterocycles. The molecule has 0 saturated heterocycles. The highest BCUT2D eigenvalue weighted by molar-refractivity contribution is 7.09. The van der Waals surface area contributed by atoms with Gasteiger partial charge >= 0.3 is 5.97 Å². The minimum Gasteiger partial charge on any atom is -0.464 e. The maximum absolute atomic E-state index is 13.2. The fourth-order valence-electron chi connectivity index (χ4n) is 3.38. The number of hydrogen-bond donors (Lipinski definition) is 0. The van der Waals surface area contributed by atoms with Crippen molar-refractivity contribution < 1.29 is 19.2 Å². The van der Waals surface area contributed by atoms with Crippen molar-refractivity contribution in [2.75, 3.05) is 7.11 Å². The fraction of sp³-hybridized carbons (Fsp3) is 0.421. The van der Waals surface area contributed by atoms with E-state index in [-0.39, 0.29) is 23.3 Å². The van der Waals surface area contributed by atoms with Gasteiger partial charge in [-0.15, -0.1) is 11.3 Å². The molecule has 0 aliphatic heterocycles. The van der Waals surface area contributed by atoms with Gasteiger partial charge in [0.2, 0.25) is 0 Å². The summed E-state index contributed by atoms with van der Waals surface area (Å²) < 4.78 is 4.69. The third kappa shape index (κ3) is 4.53. The average molecular weight is 403 g/mol. The summed E-state index contributed by atoms with van der Waals surface area (Å²) in [5, 5.41) is 13.1. The van der Waals surface area contributed by atoms with E-state index in [1.165, 1.54) is 42.7 Å². The number of amides is 1. The Morgan fingerprint density at radius 1 is 1.25 bits per heavy atom. The monoisotopic (exact) mass is 403 g/mol. The van der Waals surface area contributed by atoms with Crippen molar-refractivity contribution >= 4 is 28.9 Å². The third-order valence-electron chi connectivity index (χ3n) is 4.85. The lowest BCUT2D eigenvalue weighted by atomic mass is 9.93. The summed E-state index contributed by atoms with van der Waals surface area (Å²) in [4.78, 5) is 41.2. The molecule has 1 aliphatic carbocycles. The largest absolute Gasteiger partial charge is 0.464 e. The molecule has 0 atom stereocenters. The summed E-state index contributed by atoms with van der Waals surface area (Å²) in [6.07, 6.45) is 5.09. The van der Waals surface area contributed by atoms with Crippen molar-refractivity contribution in [2.24, 2.45) is 0 Å². The second kappa shape index (κ2) is 8.92. The van der Waals surface area contributed by atoms with Crippen LogP contribution in [0.3, 0.4) is 0 Å². The topological polar surface area (TPSA) is 103 Å². The summed E-state index contributed by atoms with van der Waals surface area (Å²) in [5.41, 5.74) is 0.582. The highest BCUT2D eigenvalue weighted by atomic mass is 32.1. The first kappa shape index (κ1) is 19.9. The smallest absolute Gasteiger partial charge is 0.357 e. The highest BCUT2D eigenvalue weighted by Gasteiger charge is 2.28. The second-order valence-electron chi connectivity index (χ2n) is 6.65. The number of esters is 1. The zero-order chi connectivity index (χ0) is 20.1. The van der Waals surface area contributed by atoms with Crippen LogP contribution in [0.4, 0.5) is 5.69 Å². The third-order valence-corrected chi connectivity index (χ3v) is 5.69. The van der Waals surface area contributed by atoms with Crippen LogP contribution in [-0.2, 0) is 11.3 Å². The second-order valence-corrected chi connectivity index (χ2v) is 7.59. The number of thiazole rings is 1.